The van der Waals surface area contributed by atoms with E-state index in [-0.39, 0.29) is 11.3 Å². The summed E-state index contributed by atoms with van der Waals surface area (Å²) in [5.41, 5.74) is 2.43. The van der Waals surface area contributed by atoms with Crippen molar-refractivity contribution in [2.75, 3.05) is 31.1 Å². The molecule has 0 radical (unpaired) electrons. The van der Waals surface area contributed by atoms with Crippen LogP contribution in [0.3, 0.4) is 0 Å². The molecule has 4 aliphatic rings. The maximum Gasteiger partial charge on any atom is 0.327 e. The van der Waals surface area contributed by atoms with Crippen molar-refractivity contribution in [3.8, 4) is 5.75 Å². The minimum Gasteiger partial charge on any atom is -0.508 e. The van der Waals surface area contributed by atoms with Gasteiger partial charge in [-0.1, -0.05) is 12.1 Å². The number of pyridine rings is 1. The summed E-state index contributed by atoms with van der Waals surface area (Å²) < 4.78 is 1.09. The first-order valence-electron chi connectivity index (χ1n) is 15.7. The molecule has 7 rings (SSSR count). The van der Waals surface area contributed by atoms with Gasteiger partial charge in [0.2, 0.25) is 23.7 Å². The lowest BCUT2D eigenvalue weighted by atomic mass is 9.95. The Morgan fingerprint density at radius 3 is 2.40 bits per heavy atom. The molecule has 4 unspecified atom stereocenters. The van der Waals surface area contributed by atoms with Crippen LogP contribution in [0.1, 0.15) is 41.4 Å². The van der Waals surface area contributed by atoms with Gasteiger partial charge < -0.3 is 40.1 Å². The third-order valence-corrected chi connectivity index (χ3v) is 11.3. The first kappa shape index (κ1) is 31.5. The van der Waals surface area contributed by atoms with Crippen LogP contribution in [-0.4, -0.2) is 103 Å². The van der Waals surface area contributed by atoms with Crippen molar-refractivity contribution in [3.05, 3.63) is 69.5 Å². The van der Waals surface area contributed by atoms with Gasteiger partial charge in [-0.15, -0.1) is 11.8 Å². The van der Waals surface area contributed by atoms with E-state index in [0.29, 0.717) is 50.1 Å². The van der Waals surface area contributed by atoms with E-state index >= 15 is 0 Å². The number of rotatable bonds is 8. The molecular weight excluding hydrogens is 640 g/mol. The number of nitrogens with zero attached hydrogens (tertiary/aromatic N) is 4. The number of carboxylic acids is 1. The highest BCUT2D eigenvalue weighted by atomic mass is 32.2. The molecule has 2 aromatic carbocycles. The van der Waals surface area contributed by atoms with Crippen LogP contribution in [0, 0.1) is 0 Å². The fraction of sp³-hybridized carbons (Fsp3) is 0.394. The number of aryl methyl sites for hydroxylation is 2. The highest BCUT2D eigenvalue weighted by Gasteiger charge is 2.64. The molecule has 14 nitrogen and oxygen atoms in total. The standard InChI is InChI=1S/C33H34N6O8S/c1-33(2)27(32(46)47)39-30(45)24(31(39)48-33)35-29(44)23(17-3-5-18(41)6-4-17)34-28(43)21-15-38-10-9-19-22(8-7-20(25(19)38)26(21)42)37-13-11-36(16-40)12-14-37/h3-8,15-16,23-24,27,31,41H,9-14H2,1-2H3,(H,34,43)(H,35,44)(H,46,47). The van der Waals surface area contributed by atoms with Crippen LogP contribution < -0.4 is 21.0 Å². The predicted molar refractivity (Wildman–Crippen MR) is 176 cm³/mol. The number of aromatic hydroxyl groups is 1. The van der Waals surface area contributed by atoms with E-state index in [1.54, 1.807) is 24.8 Å². The summed E-state index contributed by atoms with van der Waals surface area (Å²) in [7, 11) is 0. The van der Waals surface area contributed by atoms with Crippen LogP contribution in [0.4, 0.5) is 5.69 Å². The number of hydrogen-bond donors (Lipinski definition) is 4. The molecule has 0 saturated carbocycles. The number of benzene rings is 2. The number of carbonyl (C=O) groups is 5. The van der Waals surface area contributed by atoms with Gasteiger partial charge in [-0.3, -0.25) is 24.0 Å². The summed E-state index contributed by atoms with van der Waals surface area (Å²) in [4.78, 5) is 82.7. The van der Waals surface area contributed by atoms with Crippen LogP contribution in [0.15, 0.2) is 47.4 Å². The lowest BCUT2D eigenvalue weighted by molar-refractivity contribution is -0.161. The van der Waals surface area contributed by atoms with Gasteiger partial charge in [-0.05, 0) is 50.1 Å². The van der Waals surface area contributed by atoms with Crippen molar-refractivity contribution < 1.29 is 34.2 Å². The van der Waals surface area contributed by atoms with Gasteiger partial charge in [-0.25, -0.2) is 4.79 Å². The molecule has 0 spiro atoms. The molecular formula is C33H34N6O8S. The Balaban J connectivity index is 1.16. The average molecular weight is 675 g/mol. The van der Waals surface area contributed by atoms with Crippen LogP contribution >= 0.6 is 11.8 Å². The highest BCUT2D eigenvalue weighted by Crippen LogP contribution is 2.50. The monoisotopic (exact) mass is 674 g/mol. The van der Waals surface area contributed by atoms with Gasteiger partial charge in [0.1, 0.15) is 34.8 Å². The van der Waals surface area contributed by atoms with Gasteiger partial charge in [0.25, 0.3) is 5.91 Å². The number of phenolic OH excluding ortho intramolecular Hbond substituents is 1. The molecule has 4 amide bonds. The van der Waals surface area contributed by atoms with Crippen LogP contribution in [0.2, 0.25) is 0 Å². The number of fused-ring (bicyclic) bond motifs is 1. The number of aromatic nitrogens is 1. The van der Waals surface area contributed by atoms with Crippen molar-refractivity contribution in [2.45, 2.75) is 55.1 Å². The molecule has 15 heteroatoms. The zero-order chi connectivity index (χ0) is 34.1. The number of hydrogen-bond acceptors (Lipinski definition) is 9. The molecule has 4 atom stereocenters. The molecule has 3 saturated heterocycles. The normalized spacial score (nSPS) is 23.0. The third kappa shape index (κ3) is 5.03. The van der Waals surface area contributed by atoms with Gasteiger partial charge in [0, 0.05) is 60.3 Å². The molecule has 4 N–H and O–H groups in total. The van der Waals surface area contributed by atoms with Crippen LogP contribution in [0.25, 0.3) is 10.9 Å². The van der Waals surface area contributed by atoms with E-state index < -0.39 is 57.4 Å². The number of amides is 4. The third-order valence-electron chi connectivity index (χ3n) is 9.71. The number of thioether (sulfide) groups is 1. The number of anilines is 1. The predicted octanol–water partition coefficient (Wildman–Crippen LogP) is 0.644. The number of aliphatic carboxylic acids is 1. The summed E-state index contributed by atoms with van der Waals surface area (Å²) in [6, 6.07) is 5.82. The maximum absolute atomic E-state index is 13.8. The first-order chi connectivity index (χ1) is 22.9. The second-order valence-electron chi connectivity index (χ2n) is 13.0. The zero-order valence-corrected chi connectivity index (χ0v) is 27.0. The van der Waals surface area contributed by atoms with Gasteiger partial charge in [-0.2, -0.15) is 0 Å². The van der Waals surface area contributed by atoms with E-state index in [0.717, 1.165) is 23.2 Å². The average Bonchev–Trinajstić information content (AvgIpc) is 3.61. The van der Waals surface area contributed by atoms with Gasteiger partial charge in [0.05, 0.1) is 5.52 Å². The van der Waals surface area contributed by atoms with Gasteiger partial charge >= 0.3 is 5.97 Å². The Bertz CT molecular complexity index is 1940. The number of piperazine rings is 1. The summed E-state index contributed by atoms with van der Waals surface area (Å²) in [5, 5.41) is 24.7. The Morgan fingerprint density at radius 1 is 1.02 bits per heavy atom. The Morgan fingerprint density at radius 2 is 1.73 bits per heavy atom. The van der Waals surface area contributed by atoms with Crippen LogP contribution in [-0.2, 0) is 32.1 Å². The number of carbonyl (C=O) groups excluding carboxylic acids is 4. The molecule has 48 heavy (non-hydrogen) atoms. The minimum atomic E-state index is -1.34. The number of carboxylic acid groups (broad SMARTS) is 1. The number of phenols is 1. The minimum absolute atomic E-state index is 0.0602. The largest absolute Gasteiger partial charge is 0.508 e. The van der Waals surface area contributed by atoms with Crippen LogP contribution in [0.5, 0.6) is 5.75 Å². The Kier molecular flexibility index (Phi) is 7.61. The SMILES string of the molecule is CC1(C)SC2C(NC(=O)C(NC(=O)c3cn4c5c(c(N6CCN(C=O)CC6)ccc5c3=O)CC4)c3ccc(O)cc3)C(=O)N2C1C(=O)O. The fourth-order valence-electron chi connectivity index (χ4n) is 7.30. The van der Waals surface area contributed by atoms with E-state index in [4.69, 9.17) is 0 Å². The molecule has 0 aliphatic carbocycles. The summed E-state index contributed by atoms with van der Waals surface area (Å²) >= 11 is 1.28. The van der Waals surface area contributed by atoms with E-state index in [9.17, 15) is 39.0 Å². The molecule has 250 valence electrons. The Labute approximate surface area is 278 Å². The summed E-state index contributed by atoms with van der Waals surface area (Å²) in [6.45, 7) is 6.56. The van der Waals surface area contributed by atoms with E-state index in [1.165, 1.54) is 47.1 Å². The lowest BCUT2D eigenvalue weighted by Gasteiger charge is -2.44. The molecule has 1 aromatic heterocycles. The summed E-state index contributed by atoms with van der Waals surface area (Å²) in [5.74, 6) is -3.24. The van der Waals surface area contributed by atoms with Crippen molar-refractivity contribution in [3.63, 3.8) is 0 Å². The second kappa shape index (κ2) is 11.6. The van der Waals surface area contributed by atoms with Crippen molar-refractivity contribution in [1.29, 1.82) is 0 Å². The Hall–Kier alpha value is -5.05. The van der Waals surface area contributed by atoms with Gasteiger partial charge in [0.15, 0.2) is 0 Å². The molecule has 0 bridgehead atoms. The molecule has 4 aliphatic heterocycles. The second-order valence-corrected chi connectivity index (χ2v) is 14.8. The number of nitrogens with one attached hydrogen (secondary N) is 2. The summed E-state index contributed by atoms with van der Waals surface area (Å²) in [6.07, 6.45) is 3.02. The zero-order valence-electron chi connectivity index (χ0n) is 26.2. The topological polar surface area (TPSA) is 182 Å². The maximum atomic E-state index is 13.8. The van der Waals surface area contributed by atoms with Crippen molar-refractivity contribution in [1.82, 2.24) is 25.0 Å². The smallest absolute Gasteiger partial charge is 0.327 e. The van der Waals surface area contributed by atoms with Crippen molar-refractivity contribution in [2.24, 2.45) is 0 Å². The molecule has 3 aromatic rings. The van der Waals surface area contributed by atoms with E-state index in [2.05, 4.69) is 15.5 Å². The van der Waals surface area contributed by atoms with Crippen molar-refractivity contribution >= 4 is 58.5 Å². The fourth-order valence-corrected chi connectivity index (χ4v) is 8.93. The molecule has 3 fully saturated rings. The quantitative estimate of drug-likeness (QED) is 0.196. The lowest BCUT2D eigenvalue weighted by Crippen LogP contribution is -2.71. The molecule has 5 heterocycles. The van der Waals surface area contributed by atoms with E-state index in [1.807, 2.05) is 10.6 Å². The number of β-lactam (4-membered cyclic amide) rings is 1. The first-order valence-corrected chi connectivity index (χ1v) is 16.5. The highest BCUT2D eigenvalue weighted by molar-refractivity contribution is 8.01.